The molecule has 2 saturated heterocycles. The van der Waals surface area contributed by atoms with Gasteiger partial charge in [0.15, 0.2) is 0 Å². The van der Waals surface area contributed by atoms with Crippen molar-refractivity contribution in [2.75, 3.05) is 57.3 Å². The summed E-state index contributed by atoms with van der Waals surface area (Å²) in [6, 6.07) is 10.0. The largest absolute Gasteiger partial charge is 0.465 e. The number of rotatable bonds is 5. The van der Waals surface area contributed by atoms with Gasteiger partial charge in [-0.15, -0.1) is 0 Å². The topological polar surface area (TPSA) is 143 Å². The Labute approximate surface area is 222 Å². The number of hydrogen-bond donors (Lipinski definition) is 3. The first-order valence-electron chi connectivity index (χ1n) is 13.3. The first-order valence-corrected chi connectivity index (χ1v) is 13.3. The zero-order valence-corrected chi connectivity index (χ0v) is 21.8. The Morgan fingerprint density at radius 2 is 1.53 bits per heavy atom. The third kappa shape index (κ3) is 5.95. The predicted molar refractivity (Wildman–Crippen MR) is 137 cm³/mol. The molecular weight excluding hydrogens is 494 g/mol. The Morgan fingerprint density at radius 1 is 0.921 bits per heavy atom. The number of nitrogens with one attached hydrogen (secondary N) is 1. The molecule has 1 aliphatic carbocycles. The Morgan fingerprint density at radius 3 is 2.11 bits per heavy atom. The van der Waals surface area contributed by atoms with E-state index in [0.717, 1.165) is 5.69 Å². The Bertz CT molecular complexity index is 1010. The monoisotopic (exact) mass is 531 g/mol. The van der Waals surface area contributed by atoms with Gasteiger partial charge in [0.2, 0.25) is 11.8 Å². The van der Waals surface area contributed by atoms with Crippen LogP contribution in [0.5, 0.6) is 0 Å². The maximum Gasteiger partial charge on any atom is 0.410 e. The van der Waals surface area contributed by atoms with Crippen LogP contribution >= 0.6 is 0 Å². The van der Waals surface area contributed by atoms with Crippen LogP contribution in [0.25, 0.3) is 0 Å². The number of anilines is 1. The number of ether oxygens (including phenoxy) is 1. The maximum absolute atomic E-state index is 13.6. The summed E-state index contributed by atoms with van der Waals surface area (Å²) in [4.78, 5) is 57.2. The molecule has 0 spiro atoms. The van der Waals surface area contributed by atoms with Crippen molar-refractivity contribution in [2.45, 2.75) is 38.2 Å². The molecule has 0 unspecified atom stereocenters. The standard InChI is InChI=1S/C26H37N5O7/c1-2-26(38-25(36)31-16-14-30(15-17-31)24(34)35)9-8-20(21(18-26)22(32)27-37)23(33)29-12-10-28(11-13-29)19-6-4-3-5-7-19/h3-7,20-21,37H,2,8-18H2,1H3,(H,27,32)(H,34,35)/t20-,21-,26+/m0/s1. The van der Waals surface area contributed by atoms with Crippen molar-refractivity contribution in [3.63, 3.8) is 0 Å². The summed E-state index contributed by atoms with van der Waals surface area (Å²) < 4.78 is 5.95. The molecular formula is C26H37N5O7. The van der Waals surface area contributed by atoms with E-state index >= 15 is 0 Å². The zero-order valence-electron chi connectivity index (χ0n) is 21.8. The van der Waals surface area contributed by atoms with Gasteiger partial charge in [0, 0.05) is 58.0 Å². The fraction of sp³-hybridized carbons (Fsp3) is 0.615. The molecule has 4 amide bonds. The van der Waals surface area contributed by atoms with Gasteiger partial charge >= 0.3 is 12.2 Å². The Balaban J connectivity index is 1.39. The molecule has 3 aliphatic rings. The third-order valence-electron chi connectivity index (χ3n) is 8.22. The van der Waals surface area contributed by atoms with Gasteiger partial charge in [-0.1, -0.05) is 25.1 Å². The molecule has 0 radical (unpaired) electrons. The third-order valence-corrected chi connectivity index (χ3v) is 8.22. The molecule has 1 saturated carbocycles. The van der Waals surface area contributed by atoms with E-state index in [0.29, 0.717) is 45.4 Å². The molecule has 3 fully saturated rings. The van der Waals surface area contributed by atoms with Gasteiger partial charge in [-0.05, 0) is 37.8 Å². The number of hydroxylamine groups is 1. The quantitative estimate of drug-likeness (QED) is 0.386. The minimum absolute atomic E-state index is 0.118. The highest BCUT2D eigenvalue weighted by atomic mass is 16.6. The lowest BCUT2D eigenvalue weighted by atomic mass is 9.69. The second-order valence-electron chi connectivity index (χ2n) is 10.2. The Kier molecular flexibility index (Phi) is 8.60. The second-order valence-corrected chi connectivity index (χ2v) is 10.2. The van der Waals surface area contributed by atoms with Crippen LogP contribution in [0.4, 0.5) is 15.3 Å². The minimum atomic E-state index is -1.02. The summed E-state index contributed by atoms with van der Waals surface area (Å²) in [5, 5.41) is 18.6. The average Bonchev–Trinajstić information content (AvgIpc) is 2.97. The molecule has 3 N–H and O–H groups in total. The molecule has 12 heteroatoms. The van der Waals surface area contributed by atoms with Crippen LogP contribution in [0, 0.1) is 11.8 Å². The van der Waals surface area contributed by atoms with E-state index in [1.807, 2.05) is 37.3 Å². The lowest BCUT2D eigenvalue weighted by Crippen LogP contribution is -2.56. The van der Waals surface area contributed by atoms with Crippen molar-refractivity contribution in [3.8, 4) is 0 Å². The van der Waals surface area contributed by atoms with E-state index < -0.39 is 35.5 Å². The van der Waals surface area contributed by atoms with Crippen LogP contribution in [0.3, 0.4) is 0 Å². The van der Waals surface area contributed by atoms with Gasteiger partial charge in [0.1, 0.15) is 5.60 Å². The minimum Gasteiger partial charge on any atom is -0.465 e. The molecule has 3 atom stereocenters. The van der Waals surface area contributed by atoms with Crippen molar-refractivity contribution in [1.29, 1.82) is 0 Å². The van der Waals surface area contributed by atoms with Gasteiger partial charge in [-0.25, -0.2) is 15.1 Å². The van der Waals surface area contributed by atoms with Gasteiger partial charge in [-0.3, -0.25) is 14.8 Å². The smallest absolute Gasteiger partial charge is 0.410 e. The molecule has 2 aliphatic heterocycles. The molecule has 1 aromatic carbocycles. The number of amides is 4. The van der Waals surface area contributed by atoms with Gasteiger partial charge < -0.3 is 29.4 Å². The van der Waals surface area contributed by atoms with Crippen LogP contribution in [-0.2, 0) is 14.3 Å². The maximum atomic E-state index is 13.6. The highest BCUT2D eigenvalue weighted by Crippen LogP contribution is 2.42. The van der Waals surface area contributed by atoms with Crippen molar-refractivity contribution < 1.29 is 34.2 Å². The van der Waals surface area contributed by atoms with Gasteiger partial charge in [-0.2, -0.15) is 0 Å². The predicted octanol–water partition coefficient (Wildman–Crippen LogP) is 1.84. The molecule has 4 rings (SSSR count). The highest BCUT2D eigenvalue weighted by molar-refractivity contribution is 5.88. The SMILES string of the molecule is CC[C@@]1(OC(=O)N2CCN(C(=O)O)CC2)CC[C@H](C(=O)N2CCN(c3ccccc3)CC2)[C@@H](C(=O)NO)C1. The number of nitrogens with zero attached hydrogens (tertiary/aromatic N) is 4. The van der Waals surface area contributed by atoms with Crippen molar-refractivity contribution >= 4 is 29.7 Å². The lowest BCUT2D eigenvalue weighted by molar-refractivity contribution is -0.153. The summed E-state index contributed by atoms with van der Waals surface area (Å²) in [6.07, 6.45) is -0.243. The van der Waals surface area contributed by atoms with E-state index in [1.54, 1.807) is 10.4 Å². The summed E-state index contributed by atoms with van der Waals surface area (Å²) in [6.45, 7) is 5.16. The normalized spacial score (nSPS) is 26.1. The van der Waals surface area contributed by atoms with Crippen molar-refractivity contribution in [3.05, 3.63) is 30.3 Å². The first kappa shape index (κ1) is 27.5. The number of piperazine rings is 2. The first-order chi connectivity index (χ1) is 18.3. The van der Waals surface area contributed by atoms with E-state index in [1.165, 1.54) is 9.80 Å². The van der Waals surface area contributed by atoms with Gasteiger partial charge in [0.25, 0.3) is 0 Å². The molecule has 2 heterocycles. The number of benzene rings is 1. The van der Waals surface area contributed by atoms with Crippen LogP contribution in [0.1, 0.15) is 32.6 Å². The summed E-state index contributed by atoms with van der Waals surface area (Å²) in [5.74, 6) is -2.24. The van der Waals surface area contributed by atoms with E-state index in [-0.39, 0.29) is 38.5 Å². The molecule has 0 bridgehead atoms. The summed E-state index contributed by atoms with van der Waals surface area (Å²) in [7, 11) is 0. The summed E-state index contributed by atoms with van der Waals surface area (Å²) in [5.41, 5.74) is 1.86. The van der Waals surface area contributed by atoms with Crippen LogP contribution in [0.2, 0.25) is 0 Å². The fourth-order valence-electron chi connectivity index (χ4n) is 5.79. The molecule has 0 aromatic heterocycles. The second kappa shape index (κ2) is 11.9. The van der Waals surface area contributed by atoms with Crippen molar-refractivity contribution in [1.82, 2.24) is 20.2 Å². The number of para-hydroxylation sites is 1. The lowest BCUT2D eigenvalue weighted by Gasteiger charge is -2.45. The van der Waals surface area contributed by atoms with E-state index in [2.05, 4.69) is 4.90 Å². The average molecular weight is 532 g/mol. The fourth-order valence-corrected chi connectivity index (χ4v) is 5.79. The zero-order chi connectivity index (χ0) is 27.3. The van der Waals surface area contributed by atoms with Gasteiger partial charge in [0.05, 0.1) is 11.8 Å². The molecule has 12 nitrogen and oxygen atoms in total. The summed E-state index contributed by atoms with van der Waals surface area (Å²) >= 11 is 0. The van der Waals surface area contributed by atoms with Crippen LogP contribution in [-0.4, -0.2) is 107 Å². The van der Waals surface area contributed by atoms with Crippen LogP contribution < -0.4 is 10.4 Å². The van der Waals surface area contributed by atoms with E-state index in [4.69, 9.17) is 9.84 Å². The highest BCUT2D eigenvalue weighted by Gasteiger charge is 2.49. The molecule has 38 heavy (non-hydrogen) atoms. The van der Waals surface area contributed by atoms with Crippen LogP contribution in [0.15, 0.2) is 30.3 Å². The molecule has 1 aromatic rings. The number of carbonyl (C=O) groups excluding carboxylic acids is 3. The number of carboxylic acid groups (broad SMARTS) is 1. The number of carbonyl (C=O) groups is 4. The van der Waals surface area contributed by atoms with Crippen molar-refractivity contribution in [2.24, 2.45) is 11.8 Å². The molecule has 208 valence electrons. The number of hydrogen-bond acceptors (Lipinski definition) is 7. The van der Waals surface area contributed by atoms with E-state index in [9.17, 15) is 24.4 Å². The Hall–Kier alpha value is -3.54.